The van der Waals surface area contributed by atoms with Crippen LogP contribution in [0, 0.1) is 0 Å². The summed E-state index contributed by atoms with van der Waals surface area (Å²) in [6.45, 7) is 2.59. The van der Waals surface area contributed by atoms with E-state index in [0.717, 1.165) is 34.2 Å². The van der Waals surface area contributed by atoms with Crippen molar-refractivity contribution in [3.63, 3.8) is 0 Å². The van der Waals surface area contributed by atoms with E-state index in [1.165, 1.54) is 0 Å². The molecule has 0 saturated carbocycles. The van der Waals surface area contributed by atoms with E-state index in [2.05, 4.69) is 10.3 Å². The number of amides is 2. The first-order valence-electron chi connectivity index (χ1n) is 9.32. The van der Waals surface area contributed by atoms with Gasteiger partial charge in [-0.3, -0.25) is 14.9 Å². The molecule has 1 N–H and O–H groups in total. The van der Waals surface area contributed by atoms with Crippen molar-refractivity contribution in [2.75, 3.05) is 18.5 Å². The lowest BCUT2D eigenvalue weighted by Crippen LogP contribution is -2.31. The fourth-order valence-electron chi connectivity index (χ4n) is 3.20. The Labute approximate surface area is 172 Å². The van der Waals surface area contributed by atoms with Crippen molar-refractivity contribution in [2.45, 2.75) is 24.7 Å². The summed E-state index contributed by atoms with van der Waals surface area (Å²) in [4.78, 5) is 29.4. The Kier molecular flexibility index (Phi) is 5.44. The smallest absolute Gasteiger partial charge is 0.298 e. The van der Waals surface area contributed by atoms with Gasteiger partial charge in [0.2, 0.25) is 5.91 Å². The van der Waals surface area contributed by atoms with Gasteiger partial charge in [-0.05, 0) is 43.2 Å². The Balaban J connectivity index is 1.32. The molecule has 0 aliphatic carbocycles. The SMILES string of the molecule is CC(CN(C)c1nc2ccccc2o1)Oc1ccc(CC2SC(=O)NC2=O)cc1. The second kappa shape index (κ2) is 8.16. The van der Waals surface area contributed by atoms with Gasteiger partial charge in [-0.2, -0.15) is 4.98 Å². The predicted molar refractivity (Wildman–Crippen MR) is 112 cm³/mol. The quantitative estimate of drug-likeness (QED) is 0.635. The number of likely N-dealkylation sites (N-methyl/N-ethyl adjacent to an activating group) is 1. The molecule has 7 nitrogen and oxygen atoms in total. The summed E-state index contributed by atoms with van der Waals surface area (Å²) < 4.78 is 11.8. The van der Waals surface area contributed by atoms with Crippen molar-refractivity contribution in [3.8, 4) is 5.75 Å². The van der Waals surface area contributed by atoms with Gasteiger partial charge in [-0.1, -0.05) is 36.0 Å². The fraction of sp³-hybridized carbons (Fsp3) is 0.286. The second-order valence-electron chi connectivity index (χ2n) is 7.00. The third-order valence-corrected chi connectivity index (χ3v) is 5.57. The van der Waals surface area contributed by atoms with Crippen LogP contribution in [0.1, 0.15) is 12.5 Å². The normalized spacial score (nSPS) is 17.4. The molecule has 1 aliphatic rings. The Bertz CT molecular complexity index is 1000. The highest BCUT2D eigenvalue weighted by Gasteiger charge is 2.31. The zero-order chi connectivity index (χ0) is 20.4. The molecular weight excluding hydrogens is 390 g/mol. The van der Waals surface area contributed by atoms with Crippen LogP contribution in [0.5, 0.6) is 5.75 Å². The van der Waals surface area contributed by atoms with Gasteiger partial charge in [0, 0.05) is 7.05 Å². The molecule has 2 aromatic carbocycles. The molecule has 8 heteroatoms. The van der Waals surface area contributed by atoms with Crippen molar-refractivity contribution >= 4 is 40.0 Å². The lowest BCUT2D eigenvalue weighted by Gasteiger charge is -2.21. The predicted octanol–water partition coefficient (Wildman–Crippen LogP) is 3.63. The first-order valence-corrected chi connectivity index (χ1v) is 10.2. The molecule has 2 atom stereocenters. The van der Waals surface area contributed by atoms with Crippen LogP contribution in [0.2, 0.25) is 0 Å². The van der Waals surface area contributed by atoms with Gasteiger partial charge in [0.1, 0.15) is 17.4 Å². The number of nitrogens with one attached hydrogen (secondary N) is 1. The number of rotatable bonds is 7. The molecule has 1 aromatic heterocycles. The molecular formula is C21H21N3O4S. The van der Waals surface area contributed by atoms with E-state index in [1.54, 1.807) is 0 Å². The third kappa shape index (κ3) is 4.54. The topological polar surface area (TPSA) is 84.7 Å². The molecule has 1 saturated heterocycles. The number of benzene rings is 2. The molecule has 2 heterocycles. The van der Waals surface area contributed by atoms with E-state index in [4.69, 9.17) is 9.15 Å². The Morgan fingerprint density at radius 3 is 2.66 bits per heavy atom. The van der Waals surface area contributed by atoms with Crippen LogP contribution >= 0.6 is 11.8 Å². The Morgan fingerprint density at radius 1 is 1.21 bits per heavy atom. The summed E-state index contributed by atoms with van der Waals surface area (Å²) in [5, 5.41) is 1.66. The highest BCUT2D eigenvalue weighted by Crippen LogP contribution is 2.25. The third-order valence-electron chi connectivity index (χ3n) is 4.59. The maximum absolute atomic E-state index is 11.7. The number of thioether (sulfide) groups is 1. The molecule has 3 aromatic rings. The minimum absolute atomic E-state index is 0.0883. The lowest BCUT2D eigenvalue weighted by molar-refractivity contribution is -0.118. The molecule has 0 bridgehead atoms. The number of hydrogen-bond donors (Lipinski definition) is 1. The number of carbonyl (C=O) groups excluding carboxylic acids is 2. The van der Waals surface area contributed by atoms with Crippen LogP contribution in [0.15, 0.2) is 52.9 Å². The average Bonchev–Trinajstić information content (AvgIpc) is 3.26. The zero-order valence-electron chi connectivity index (χ0n) is 16.1. The summed E-state index contributed by atoms with van der Waals surface area (Å²) >= 11 is 1.04. The Hall–Kier alpha value is -3.00. The second-order valence-corrected chi connectivity index (χ2v) is 8.18. The summed E-state index contributed by atoms with van der Waals surface area (Å²) in [6.07, 6.45) is 0.424. The first-order chi connectivity index (χ1) is 14.0. The van der Waals surface area contributed by atoms with Gasteiger partial charge in [-0.15, -0.1) is 0 Å². The molecule has 0 radical (unpaired) electrons. The van der Waals surface area contributed by atoms with Crippen LogP contribution in [0.25, 0.3) is 11.1 Å². The minimum Gasteiger partial charge on any atom is -0.489 e. The number of ether oxygens (including phenoxy) is 1. The summed E-state index contributed by atoms with van der Waals surface area (Å²) in [5.74, 6) is 0.517. The average molecular weight is 411 g/mol. The number of nitrogens with zero attached hydrogens (tertiary/aromatic N) is 2. The van der Waals surface area contributed by atoms with Gasteiger partial charge in [0.25, 0.3) is 11.3 Å². The fourth-order valence-corrected chi connectivity index (χ4v) is 4.06. The summed E-state index contributed by atoms with van der Waals surface area (Å²) in [5.41, 5.74) is 2.57. The number of para-hydroxylation sites is 2. The lowest BCUT2D eigenvalue weighted by atomic mass is 10.1. The molecule has 0 spiro atoms. The number of carbonyl (C=O) groups is 2. The van der Waals surface area contributed by atoms with E-state index in [9.17, 15) is 9.59 Å². The van der Waals surface area contributed by atoms with Crippen LogP contribution in [0.4, 0.5) is 10.8 Å². The van der Waals surface area contributed by atoms with Crippen molar-refractivity contribution in [1.82, 2.24) is 10.3 Å². The van der Waals surface area contributed by atoms with Crippen LogP contribution in [-0.2, 0) is 11.2 Å². The molecule has 4 rings (SSSR count). The molecule has 2 unspecified atom stereocenters. The van der Waals surface area contributed by atoms with Crippen molar-refractivity contribution in [1.29, 1.82) is 0 Å². The maximum atomic E-state index is 11.7. The number of aromatic nitrogens is 1. The van der Waals surface area contributed by atoms with Crippen molar-refractivity contribution in [2.24, 2.45) is 0 Å². The van der Waals surface area contributed by atoms with Crippen molar-refractivity contribution < 1.29 is 18.7 Å². The van der Waals surface area contributed by atoms with Crippen LogP contribution < -0.4 is 15.0 Å². The number of hydrogen-bond acceptors (Lipinski definition) is 7. The maximum Gasteiger partial charge on any atom is 0.298 e. The number of anilines is 1. The van der Waals surface area contributed by atoms with Gasteiger partial charge >= 0.3 is 0 Å². The number of fused-ring (bicyclic) bond motifs is 1. The van der Waals surface area contributed by atoms with E-state index >= 15 is 0 Å². The largest absolute Gasteiger partial charge is 0.489 e. The Morgan fingerprint density at radius 2 is 1.97 bits per heavy atom. The summed E-state index contributed by atoms with van der Waals surface area (Å²) in [6, 6.07) is 15.8. The van der Waals surface area contributed by atoms with E-state index < -0.39 is 0 Å². The minimum atomic E-state index is -0.363. The van der Waals surface area contributed by atoms with Crippen LogP contribution in [0.3, 0.4) is 0 Å². The monoisotopic (exact) mass is 411 g/mol. The number of imide groups is 1. The molecule has 2 amide bonds. The molecule has 1 fully saturated rings. The summed E-state index contributed by atoms with van der Waals surface area (Å²) in [7, 11) is 1.92. The van der Waals surface area contributed by atoms with E-state index in [-0.39, 0.29) is 22.5 Å². The van der Waals surface area contributed by atoms with Gasteiger partial charge in [-0.25, -0.2) is 0 Å². The van der Waals surface area contributed by atoms with Crippen molar-refractivity contribution in [3.05, 3.63) is 54.1 Å². The van der Waals surface area contributed by atoms with E-state index in [1.807, 2.05) is 67.4 Å². The zero-order valence-corrected chi connectivity index (χ0v) is 16.9. The van der Waals surface area contributed by atoms with Gasteiger partial charge in [0.05, 0.1) is 11.8 Å². The molecule has 29 heavy (non-hydrogen) atoms. The standard InChI is InChI=1S/C21H21N3O4S/c1-13(12-24(2)20-22-16-5-3-4-6-17(16)28-20)27-15-9-7-14(8-10-15)11-18-19(25)23-21(26)29-18/h3-10,13,18H,11-12H2,1-2H3,(H,23,25,26). The molecule has 1 aliphatic heterocycles. The van der Waals surface area contributed by atoms with Gasteiger partial charge in [0.15, 0.2) is 5.58 Å². The first kappa shape index (κ1) is 19.3. The highest BCUT2D eigenvalue weighted by molar-refractivity contribution is 8.15. The highest BCUT2D eigenvalue weighted by atomic mass is 32.2. The van der Waals surface area contributed by atoms with Gasteiger partial charge < -0.3 is 14.1 Å². The number of oxazole rings is 1. The van der Waals surface area contributed by atoms with E-state index in [0.29, 0.717) is 19.0 Å². The van der Waals surface area contributed by atoms with Crippen LogP contribution in [-0.4, -0.2) is 41.1 Å². The molecule has 150 valence electrons.